The predicted molar refractivity (Wildman–Crippen MR) is 76.7 cm³/mol. The van der Waals surface area contributed by atoms with Crippen molar-refractivity contribution in [1.82, 2.24) is 5.32 Å². The molecule has 1 aromatic carbocycles. The van der Waals surface area contributed by atoms with Crippen molar-refractivity contribution in [2.75, 3.05) is 13.2 Å². The third-order valence-corrected chi connectivity index (χ3v) is 3.62. The molecule has 0 unspecified atom stereocenters. The summed E-state index contributed by atoms with van der Waals surface area (Å²) < 4.78 is 11.8. The van der Waals surface area contributed by atoms with E-state index in [4.69, 9.17) is 9.15 Å². The van der Waals surface area contributed by atoms with Gasteiger partial charge < -0.3 is 14.5 Å². The Kier molecular flexibility index (Phi) is 3.47. The van der Waals surface area contributed by atoms with Gasteiger partial charge in [-0.2, -0.15) is 0 Å². The molecule has 3 heteroatoms. The standard InChI is InChI=1S/C16H21NO2/c1-3-17-10-14-15(11-8-9-11)12-6-5-7-13(18-4-2)16(12)19-14/h5-7,11,17H,3-4,8-10H2,1-2H3. The van der Waals surface area contributed by atoms with Gasteiger partial charge in [0.1, 0.15) is 5.76 Å². The lowest BCUT2D eigenvalue weighted by molar-refractivity contribution is 0.337. The molecule has 3 nitrogen and oxygen atoms in total. The van der Waals surface area contributed by atoms with E-state index < -0.39 is 0 Å². The third-order valence-electron chi connectivity index (χ3n) is 3.62. The van der Waals surface area contributed by atoms with Crippen LogP contribution in [-0.4, -0.2) is 13.2 Å². The van der Waals surface area contributed by atoms with Crippen molar-refractivity contribution in [2.45, 2.75) is 39.2 Å². The minimum atomic E-state index is 0.668. The van der Waals surface area contributed by atoms with Crippen LogP contribution in [0.5, 0.6) is 5.75 Å². The largest absolute Gasteiger partial charge is 0.490 e. The second-order valence-electron chi connectivity index (χ2n) is 5.06. The number of furan rings is 1. The van der Waals surface area contributed by atoms with Crippen molar-refractivity contribution in [2.24, 2.45) is 0 Å². The van der Waals surface area contributed by atoms with Crippen molar-refractivity contribution in [3.8, 4) is 5.75 Å². The smallest absolute Gasteiger partial charge is 0.176 e. The van der Waals surface area contributed by atoms with Gasteiger partial charge in [-0.3, -0.25) is 0 Å². The highest BCUT2D eigenvalue weighted by atomic mass is 16.5. The lowest BCUT2D eigenvalue weighted by atomic mass is 10.1. The first-order valence-electron chi connectivity index (χ1n) is 7.23. The van der Waals surface area contributed by atoms with E-state index in [1.54, 1.807) is 0 Å². The monoisotopic (exact) mass is 259 g/mol. The van der Waals surface area contributed by atoms with Crippen LogP contribution in [0.25, 0.3) is 11.0 Å². The molecular weight excluding hydrogens is 238 g/mol. The maximum absolute atomic E-state index is 6.10. The maximum atomic E-state index is 6.10. The fourth-order valence-corrected chi connectivity index (χ4v) is 2.62. The molecule has 1 N–H and O–H groups in total. The molecule has 0 radical (unpaired) electrons. The molecule has 1 fully saturated rings. The van der Waals surface area contributed by atoms with Gasteiger partial charge in [-0.05, 0) is 38.3 Å². The Hall–Kier alpha value is -1.48. The van der Waals surface area contributed by atoms with E-state index in [2.05, 4.69) is 24.4 Å². The second-order valence-corrected chi connectivity index (χ2v) is 5.06. The molecular formula is C16H21NO2. The van der Waals surface area contributed by atoms with Gasteiger partial charge in [0.15, 0.2) is 11.3 Å². The van der Waals surface area contributed by atoms with Gasteiger partial charge in [-0.1, -0.05) is 19.1 Å². The number of nitrogens with one attached hydrogen (secondary N) is 1. The Morgan fingerprint density at radius 3 is 2.84 bits per heavy atom. The van der Waals surface area contributed by atoms with E-state index in [-0.39, 0.29) is 0 Å². The summed E-state index contributed by atoms with van der Waals surface area (Å²) in [6.45, 7) is 6.55. The molecule has 3 rings (SSSR count). The van der Waals surface area contributed by atoms with Crippen LogP contribution < -0.4 is 10.1 Å². The summed E-state index contributed by atoms with van der Waals surface area (Å²) in [4.78, 5) is 0. The van der Waals surface area contributed by atoms with E-state index in [0.717, 1.165) is 30.2 Å². The van der Waals surface area contributed by atoms with Gasteiger partial charge in [0.25, 0.3) is 0 Å². The van der Waals surface area contributed by atoms with Crippen LogP contribution in [-0.2, 0) is 6.54 Å². The first-order chi connectivity index (χ1) is 9.35. The fraction of sp³-hybridized carbons (Fsp3) is 0.500. The molecule has 1 heterocycles. The average molecular weight is 259 g/mol. The molecule has 2 aromatic rings. The highest BCUT2D eigenvalue weighted by molar-refractivity contribution is 5.88. The van der Waals surface area contributed by atoms with Crippen molar-refractivity contribution >= 4 is 11.0 Å². The fourth-order valence-electron chi connectivity index (χ4n) is 2.62. The van der Waals surface area contributed by atoms with Gasteiger partial charge in [-0.15, -0.1) is 0 Å². The average Bonchev–Trinajstić information content (AvgIpc) is 3.18. The van der Waals surface area contributed by atoms with E-state index in [9.17, 15) is 0 Å². The highest BCUT2D eigenvalue weighted by Gasteiger charge is 2.31. The summed E-state index contributed by atoms with van der Waals surface area (Å²) in [5, 5.41) is 4.60. The van der Waals surface area contributed by atoms with Crippen LogP contribution in [0.1, 0.15) is 43.9 Å². The zero-order chi connectivity index (χ0) is 13.2. The Bertz CT molecular complexity index is 569. The molecule has 1 saturated carbocycles. The summed E-state index contributed by atoms with van der Waals surface area (Å²) in [6, 6.07) is 6.21. The summed E-state index contributed by atoms with van der Waals surface area (Å²) >= 11 is 0. The molecule has 1 aliphatic rings. The normalized spacial score (nSPS) is 15.1. The molecule has 0 spiro atoms. The van der Waals surface area contributed by atoms with Gasteiger partial charge in [0.05, 0.1) is 13.2 Å². The summed E-state index contributed by atoms with van der Waals surface area (Å²) in [5.41, 5.74) is 2.32. The number of rotatable bonds is 6. The molecule has 1 aliphatic carbocycles. The van der Waals surface area contributed by atoms with Crippen LogP contribution >= 0.6 is 0 Å². The first-order valence-corrected chi connectivity index (χ1v) is 7.23. The van der Waals surface area contributed by atoms with E-state index in [0.29, 0.717) is 12.5 Å². The van der Waals surface area contributed by atoms with Crippen LogP contribution in [0, 0.1) is 0 Å². The van der Waals surface area contributed by atoms with Crippen LogP contribution in [0.15, 0.2) is 22.6 Å². The lowest BCUT2D eigenvalue weighted by Crippen LogP contribution is -2.12. The van der Waals surface area contributed by atoms with Gasteiger partial charge in [-0.25, -0.2) is 0 Å². The Labute approximate surface area is 113 Å². The molecule has 0 atom stereocenters. The van der Waals surface area contributed by atoms with Gasteiger partial charge >= 0.3 is 0 Å². The predicted octanol–water partition coefficient (Wildman–Crippen LogP) is 3.82. The topological polar surface area (TPSA) is 34.4 Å². The quantitative estimate of drug-likeness (QED) is 0.856. The Morgan fingerprint density at radius 2 is 2.16 bits per heavy atom. The van der Waals surface area contributed by atoms with Crippen molar-refractivity contribution in [3.63, 3.8) is 0 Å². The number of benzene rings is 1. The van der Waals surface area contributed by atoms with E-state index >= 15 is 0 Å². The summed E-state index contributed by atoms with van der Waals surface area (Å²) in [5.74, 6) is 2.64. The van der Waals surface area contributed by atoms with Crippen molar-refractivity contribution < 1.29 is 9.15 Å². The SMILES string of the molecule is CCNCc1oc2c(OCC)cccc2c1C1CC1. The first kappa shape index (κ1) is 12.5. The van der Waals surface area contributed by atoms with Gasteiger partial charge in [0, 0.05) is 10.9 Å². The number of hydrogen-bond acceptors (Lipinski definition) is 3. The number of ether oxygens (including phenoxy) is 1. The summed E-state index contributed by atoms with van der Waals surface area (Å²) in [6.07, 6.45) is 2.57. The zero-order valence-corrected chi connectivity index (χ0v) is 11.7. The van der Waals surface area contributed by atoms with E-state index in [1.807, 2.05) is 13.0 Å². The molecule has 0 bridgehead atoms. The molecule has 0 amide bonds. The molecule has 0 saturated heterocycles. The van der Waals surface area contributed by atoms with Crippen molar-refractivity contribution in [3.05, 3.63) is 29.5 Å². The van der Waals surface area contributed by atoms with Crippen LogP contribution in [0.2, 0.25) is 0 Å². The van der Waals surface area contributed by atoms with E-state index in [1.165, 1.54) is 23.8 Å². The van der Waals surface area contributed by atoms with Crippen molar-refractivity contribution in [1.29, 1.82) is 0 Å². The minimum Gasteiger partial charge on any atom is -0.490 e. The zero-order valence-electron chi connectivity index (χ0n) is 11.7. The summed E-state index contributed by atoms with van der Waals surface area (Å²) in [7, 11) is 0. The number of para-hydroxylation sites is 1. The molecule has 102 valence electrons. The Morgan fingerprint density at radius 1 is 1.32 bits per heavy atom. The Balaban J connectivity index is 2.08. The maximum Gasteiger partial charge on any atom is 0.176 e. The number of fused-ring (bicyclic) bond motifs is 1. The minimum absolute atomic E-state index is 0.668. The lowest BCUT2D eigenvalue weighted by Gasteiger charge is -2.02. The van der Waals surface area contributed by atoms with Crippen LogP contribution in [0.3, 0.4) is 0 Å². The molecule has 0 aliphatic heterocycles. The third kappa shape index (κ3) is 2.35. The number of hydrogen-bond donors (Lipinski definition) is 1. The second kappa shape index (κ2) is 5.25. The van der Waals surface area contributed by atoms with Crippen LogP contribution in [0.4, 0.5) is 0 Å². The van der Waals surface area contributed by atoms with Gasteiger partial charge in [0.2, 0.25) is 0 Å². The highest BCUT2D eigenvalue weighted by Crippen LogP contribution is 2.47. The molecule has 19 heavy (non-hydrogen) atoms. The molecule has 1 aromatic heterocycles.